The highest BCUT2D eigenvalue weighted by Crippen LogP contribution is 2.33. The first-order chi connectivity index (χ1) is 12.3. The summed E-state index contributed by atoms with van der Waals surface area (Å²) in [7, 11) is -3.05. The molecule has 0 spiro atoms. The summed E-state index contributed by atoms with van der Waals surface area (Å²) in [4.78, 5) is 14.7. The number of hydrogen-bond donors (Lipinski definition) is 0. The van der Waals surface area contributed by atoms with Gasteiger partial charge >= 0.3 is 0 Å². The summed E-state index contributed by atoms with van der Waals surface area (Å²) in [5.41, 5.74) is 0.841. The molecular weight excluding hydrogens is 442 g/mol. The second-order valence-electron chi connectivity index (χ2n) is 7.12. The number of carbonyl (C=O) groups excluding carboxylic acids is 1. The molecule has 26 heavy (non-hydrogen) atoms. The van der Waals surface area contributed by atoms with E-state index in [-0.39, 0.29) is 36.1 Å². The molecule has 1 saturated heterocycles. The molecule has 2 fully saturated rings. The molecule has 0 N–H and O–H groups in total. The molecule has 5 nitrogen and oxygen atoms in total. The molecule has 0 bridgehead atoms. The largest absolute Gasteiger partial charge is 0.482 e. The van der Waals surface area contributed by atoms with Crippen LogP contribution in [0.3, 0.4) is 0 Å². The lowest BCUT2D eigenvalue weighted by Crippen LogP contribution is -2.48. The van der Waals surface area contributed by atoms with Crippen molar-refractivity contribution in [2.24, 2.45) is 0 Å². The zero-order chi connectivity index (χ0) is 18.9. The first kappa shape index (κ1) is 20.0. The van der Waals surface area contributed by atoms with Crippen molar-refractivity contribution >= 4 is 43.3 Å². The SMILES string of the molecule is Cc1cc(Br)cc(Cl)c1OCC(=O)N(C1CCCC1)C1CCS(=O)(=O)C1. The van der Waals surface area contributed by atoms with Crippen molar-refractivity contribution in [3.05, 3.63) is 27.2 Å². The van der Waals surface area contributed by atoms with Gasteiger partial charge in [-0.1, -0.05) is 40.4 Å². The van der Waals surface area contributed by atoms with Gasteiger partial charge in [0.1, 0.15) is 5.75 Å². The molecule has 3 rings (SSSR count). The number of ether oxygens (including phenoxy) is 1. The second-order valence-corrected chi connectivity index (χ2v) is 10.7. The zero-order valence-corrected chi connectivity index (χ0v) is 17.9. The third-order valence-electron chi connectivity index (χ3n) is 5.14. The maximum atomic E-state index is 12.9. The summed E-state index contributed by atoms with van der Waals surface area (Å²) in [5, 5.41) is 0.445. The van der Waals surface area contributed by atoms with E-state index in [0.717, 1.165) is 35.7 Å². The van der Waals surface area contributed by atoms with E-state index in [1.807, 2.05) is 13.0 Å². The van der Waals surface area contributed by atoms with Gasteiger partial charge in [0.05, 0.1) is 16.5 Å². The minimum Gasteiger partial charge on any atom is -0.482 e. The van der Waals surface area contributed by atoms with Crippen LogP contribution < -0.4 is 4.74 Å². The van der Waals surface area contributed by atoms with Crippen molar-refractivity contribution in [1.29, 1.82) is 0 Å². The van der Waals surface area contributed by atoms with Gasteiger partial charge in [-0.05, 0) is 43.9 Å². The third-order valence-corrected chi connectivity index (χ3v) is 7.63. The van der Waals surface area contributed by atoms with Crippen LogP contribution in [0.15, 0.2) is 16.6 Å². The molecule has 144 valence electrons. The van der Waals surface area contributed by atoms with E-state index >= 15 is 0 Å². The van der Waals surface area contributed by atoms with E-state index in [1.54, 1.807) is 11.0 Å². The van der Waals surface area contributed by atoms with Crippen LogP contribution in [0.1, 0.15) is 37.7 Å². The lowest BCUT2D eigenvalue weighted by Gasteiger charge is -2.34. The van der Waals surface area contributed by atoms with Gasteiger partial charge in [-0.15, -0.1) is 0 Å². The number of halogens is 2. The fraction of sp³-hybridized carbons (Fsp3) is 0.611. The van der Waals surface area contributed by atoms with Crippen molar-refractivity contribution in [2.75, 3.05) is 18.1 Å². The molecule has 1 aliphatic heterocycles. The molecule has 1 aromatic rings. The summed E-state index contributed by atoms with van der Waals surface area (Å²) in [6, 6.07) is 3.49. The van der Waals surface area contributed by atoms with E-state index in [1.165, 1.54) is 0 Å². The first-order valence-corrected chi connectivity index (χ1v) is 11.9. The Hall–Kier alpha value is -0.790. The lowest BCUT2D eigenvalue weighted by atomic mass is 10.1. The van der Waals surface area contributed by atoms with Crippen molar-refractivity contribution in [2.45, 2.75) is 51.1 Å². The average Bonchev–Trinajstić information content (AvgIpc) is 3.16. The Morgan fingerprint density at radius 2 is 1.96 bits per heavy atom. The number of benzene rings is 1. The Bertz CT molecular complexity index is 769. The van der Waals surface area contributed by atoms with Crippen molar-refractivity contribution in [3.63, 3.8) is 0 Å². The van der Waals surface area contributed by atoms with Gasteiger partial charge in [-0.25, -0.2) is 8.42 Å². The van der Waals surface area contributed by atoms with E-state index in [9.17, 15) is 13.2 Å². The number of sulfone groups is 1. The molecule has 1 unspecified atom stereocenters. The molecule has 0 aromatic heterocycles. The van der Waals surface area contributed by atoms with E-state index in [0.29, 0.717) is 17.2 Å². The number of amides is 1. The molecule has 1 saturated carbocycles. The Morgan fingerprint density at radius 1 is 1.27 bits per heavy atom. The number of carbonyl (C=O) groups is 1. The van der Waals surface area contributed by atoms with Crippen molar-refractivity contribution < 1.29 is 17.9 Å². The Kier molecular flexibility index (Phi) is 6.19. The fourth-order valence-corrected chi connectivity index (χ4v) is 6.70. The van der Waals surface area contributed by atoms with Crippen LogP contribution in [0, 0.1) is 6.92 Å². The Morgan fingerprint density at radius 3 is 2.54 bits per heavy atom. The highest BCUT2D eigenvalue weighted by Gasteiger charge is 2.39. The molecule has 1 atom stereocenters. The van der Waals surface area contributed by atoms with Gasteiger partial charge in [0.25, 0.3) is 5.91 Å². The van der Waals surface area contributed by atoms with E-state index in [4.69, 9.17) is 16.3 Å². The van der Waals surface area contributed by atoms with Crippen LogP contribution in [0.2, 0.25) is 5.02 Å². The predicted octanol–water partition coefficient (Wildman–Crippen LogP) is 3.75. The molecule has 1 heterocycles. The molecule has 8 heteroatoms. The highest BCUT2D eigenvalue weighted by atomic mass is 79.9. The van der Waals surface area contributed by atoms with Crippen LogP contribution in [0.5, 0.6) is 5.75 Å². The van der Waals surface area contributed by atoms with Crippen LogP contribution in [0.25, 0.3) is 0 Å². The lowest BCUT2D eigenvalue weighted by molar-refractivity contribution is -0.137. The Balaban J connectivity index is 1.74. The molecule has 1 amide bonds. The summed E-state index contributed by atoms with van der Waals surface area (Å²) in [6.45, 7) is 1.74. The summed E-state index contributed by atoms with van der Waals surface area (Å²) in [5.74, 6) is 0.561. The van der Waals surface area contributed by atoms with E-state index in [2.05, 4.69) is 15.9 Å². The minimum atomic E-state index is -3.05. The van der Waals surface area contributed by atoms with Crippen LogP contribution in [-0.4, -0.2) is 49.4 Å². The standard InChI is InChI=1S/C18H23BrClNO4S/c1-12-8-13(19)9-16(20)18(12)25-10-17(22)21(14-4-2-3-5-14)15-6-7-26(23,24)11-15/h8-9,14-15H,2-7,10-11H2,1H3. The van der Waals surface area contributed by atoms with Crippen molar-refractivity contribution in [1.82, 2.24) is 4.90 Å². The normalized spacial score (nSPS) is 22.5. The van der Waals surface area contributed by atoms with Gasteiger partial charge in [0.2, 0.25) is 0 Å². The Labute approximate surface area is 168 Å². The van der Waals surface area contributed by atoms with Gasteiger partial charge in [0, 0.05) is 16.6 Å². The van der Waals surface area contributed by atoms with Crippen LogP contribution in [-0.2, 0) is 14.6 Å². The van der Waals surface area contributed by atoms with Crippen molar-refractivity contribution in [3.8, 4) is 5.75 Å². The molecule has 1 aliphatic carbocycles. The number of aryl methyl sites for hydroxylation is 1. The third kappa shape index (κ3) is 4.54. The van der Waals surface area contributed by atoms with Gasteiger partial charge in [-0.3, -0.25) is 4.79 Å². The molecule has 1 aromatic carbocycles. The number of rotatable bonds is 5. The summed E-state index contributed by atoms with van der Waals surface area (Å²) in [6.07, 6.45) is 4.53. The maximum Gasteiger partial charge on any atom is 0.261 e. The number of nitrogens with zero attached hydrogens (tertiary/aromatic N) is 1. The summed E-state index contributed by atoms with van der Waals surface area (Å²) >= 11 is 9.61. The van der Waals surface area contributed by atoms with Crippen LogP contribution in [0.4, 0.5) is 0 Å². The minimum absolute atomic E-state index is 0.0628. The van der Waals surface area contributed by atoms with E-state index < -0.39 is 9.84 Å². The number of hydrogen-bond acceptors (Lipinski definition) is 4. The average molecular weight is 465 g/mol. The first-order valence-electron chi connectivity index (χ1n) is 8.87. The predicted molar refractivity (Wildman–Crippen MR) is 106 cm³/mol. The second kappa shape index (κ2) is 8.07. The zero-order valence-electron chi connectivity index (χ0n) is 14.7. The fourth-order valence-electron chi connectivity index (χ4n) is 3.96. The molecule has 2 aliphatic rings. The summed E-state index contributed by atoms with van der Waals surface area (Å²) < 4.78 is 30.4. The monoisotopic (exact) mass is 463 g/mol. The smallest absolute Gasteiger partial charge is 0.261 e. The van der Waals surface area contributed by atoms with Gasteiger partial charge in [-0.2, -0.15) is 0 Å². The quantitative estimate of drug-likeness (QED) is 0.666. The topological polar surface area (TPSA) is 63.7 Å². The molecule has 0 radical (unpaired) electrons. The highest BCUT2D eigenvalue weighted by molar-refractivity contribution is 9.10. The van der Waals surface area contributed by atoms with Crippen LogP contribution >= 0.6 is 27.5 Å². The van der Waals surface area contributed by atoms with Gasteiger partial charge < -0.3 is 9.64 Å². The maximum absolute atomic E-state index is 12.9. The molecular formula is C18H23BrClNO4S. The van der Waals surface area contributed by atoms with Gasteiger partial charge in [0.15, 0.2) is 16.4 Å².